The van der Waals surface area contributed by atoms with Crippen LogP contribution < -0.4 is 10.1 Å². The van der Waals surface area contributed by atoms with Gasteiger partial charge in [0.1, 0.15) is 5.75 Å². The fourth-order valence-electron chi connectivity index (χ4n) is 3.39. The molecular formula is C17H27NO2. The maximum Gasteiger partial charge on any atom is 0.119 e. The second-order valence-corrected chi connectivity index (χ2v) is 5.64. The highest BCUT2D eigenvalue weighted by molar-refractivity contribution is 5.29. The van der Waals surface area contributed by atoms with Gasteiger partial charge >= 0.3 is 0 Å². The van der Waals surface area contributed by atoms with Gasteiger partial charge in [-0.1, -0.05) is 31.9 Å². The maximum absolute atomic E-state index is 5.95. The van der Waals surface area contributed by atoms with E-state index >= 15 is 0 Å². The summed E-state index contributed by atoms with van der Waals surface area (Å²) >= 11 is 0. The molecule has 0 heterocycles. The molecule has 1 aliphatic carbocycles. The van der Waals surface area contributed by atoms with Crippen LogP contribution in [0.2, 0.25) is 0 Å². The second kappa shape index (κ2) is 7.09. The van der Waals surface area contributed by atoms with Crippen LogP contribution in [-0.2, 0) is 11.2 Å². The van der Waals surface area contributed by atoms with Crippen LogP contribution in [0.15, 0.2) is 24.3 Å². The minimum atomic E-state index is -0.000906. The van der Waals surface area contributed by atoms with Crippen molar-refractivity contribution in [1.82, 2.24) is 5.32 Å². The molecule has 3 heteroatoms. The van der Waals surface area contributed by atoms with E-state index in [1.165, 1.54) is 18.4 Å². The Morgan fingerprint density at radius 1 is 1.25 bits per heavy atom. The maximum atomic E-state index is 5.95. The number of hydrogen-bond acceptors (Lipinski definition) is 3. The number of methoxy groups -OCH3 is 2. The zero-order valence-corrected chi connectivity index (χ0v) is 12.9. The number of rotatable bonds is 7. The lowest BCUT2D eigenvalue weighted by molar-refractivity contribution is -0.0351. The first-order valence-corrected chi connectivity index (χ1v) is 7.65. The number of likely N-dealkylation sites (N-methyl/N-ethyl adjacent to an activating group) is 1. The fraction of sp³-hybridized carbons (Fsp3) is 0.647. The predicted molar refractivity (Wildman–Crippen MR) is 82.4 cm³/mol. The van der Waals surface area contributed by atoms with Crippen molar-refractivity contribution in [1.29, 1.82) is 0 Å². The molecule has 0 saturated heterocycles. The van der Waals surface area contributed by atoms with E-state index in [0.29, 0.717) is 6.04 Å². The Kier molecular flexibility index (Phi) is 5.44. The first kappa shape index (κ1) is 15.3. The molecule has 1 saturated carbocycles. The summed E-state index contributed by atoms with van der Waals surface area (Å²) in [6.45, 7) is 3.14. The van der Waals surface area contributed by atoms with Crippen molar-refractivity contribution in [3.63, 3.8) is 0 Å². The molecule has 3 nitrogen and oxygen atoms in total. The van der Waals surface area contributed by atoms with E-state index in [9.17, 15) is 0 Å². The molecule has 1 atom stereocenters. The second-order valence-electron chi connectivity index (χ2n) is 5.64. The molecular weight excluding hydrogens is 250 g/mol. The molecule has 1 unspecified atom stereocenters. The molecule has 1 fully saturated rings. The van der Waals surface area contributed by atoms with Gasteiger partial charge in [0, 0.05) is 13.2 Å². The first-order valence-electron chi connectivity index (χ1n) is 7.65. The van der Waals surface area contributed by atoms with Gasteiger partial charge in [0.25, 0.3) is 0 Å². The topological polar surface area (TPSA) is 30.5 Å². The molecule has 20 heavy (non-hydrogen) atoms. The van der Waals surface area contributed by atoms with E-state index in [0.717, 1.165) is 31.6 Å². The zero-order valence-electron chi connectivity index (χ0n) is 12.9. The third-order valence-electron chi connectivity index (χ3n) is 4.52. The summed E-state index contributed by atoms with van der Waals surface area (Å²) in [6.07, 6.45) is 5.84. The quantitative estimate of drug-likeness (QED) is 0.830. The van der Waals surface area contributed by atoms with Crippen molar-refractivity contribution >= 4 is 0 Å². The van der Waals surface area contributed by atoms with E-state index < -0.39 is 0 Å². The Labute approximate surface area is 122 Å². The Morgan fingerprint density at radius 3 is 2.60 bits per heavy atom. The van der Waals surface area contributed by atoms with E-state index in [-0.39, 0.29) is 5.60 Å². The van der Waals surface area contributed by atoms with E-state index in [2.05, 4.69) is 30.4 Å². The first-order chi connectivity index (χ1) is 9.74. The van der Waals surface area contributed by atoms with Crippen molar-refractivity contribution in [2.24, 2.45) is 0 Å². The average Bonchev–Trinajstić information content (AvgIpc) is 2.97. The minimum absolute atomic E-state index is 0.000906. The van der Waals surface area contributed by atoms with Crippen LogP contribution in [0, 0.1) is 0 Å². The van der Waals surface area contributed by atoms with Gasteiger partial charge in [-0.25, -0.2) is 0 Å². The van der Waals surface area contributed by atoms with Crippen LogP contribution in [0.3, 0.4) is 0 Å². The molecule has 1 N–H and O–H groups in total. The molecule has 1 aromatic rings. The molecule has 0 aliphatic heterocycles. The zero-order chi connectivity index (χ0) is 14.4. The number of nitrogens with one attached hydrogen (secondary N) is 1. The van der Waals surface area contributed by atoms with Crippen molar-refractivity contribution in [2.45, 2.75) is 50.7 Å². The van der Waals surface area contributed by atoms with Gasteiger partial charge in [0.15, 0.2) is 0 Å². The number of ether oxygens (including phenoxy) is 2. The van der Waals surface area contributed by atoms with E-state index in [1.807, 2.05) is 13.2 Å². The van der Waals surface area contributed by atoms with Crippen molar-refractivity contribution < 1.29 is 9.47 Å². The summed E-state index contributed by atoms with van der Waals surface area (Å²) in [5.41, 5.74) is 1.30. The molecule has 1 aromatic carbocycles. The van der Waals surface area contributed by atoms with Gasteiger partial charge in [-0.2, -0.15) is 0 Å². The third-order valence-corrected chi connectivity index (χ3v) is 4.52. The molecule has 0 aromatic heterocycles. The molecule has 1 aliphatic rings. The highest BCUT2D eigenvalue weighted by Crippen LogP contribution is 2.37. The highest BCUT2D eigenvalue weighted by atomic mass is 16.5. The summed E-state index contributed by atoms with van der Waals surface area (Å²) < 4.78 is 11.3. The monoisotopic (exact) mass is 277 g/mol. The van der Waals surface area contributed by atoms with Crippen molar-refractivity contribution in [3.8, 4) is 5.75 Å². The van der Waals surface area contributed by atoms with Gasteiger partial charge in [-0.3, -0.25) is 0 Å². The Hall–Kier alpha value is -1.06. The lowest BCUT2D eigenvalue weighted by Gasteiger charge is -2.37. The van der Waals surface area contributed by atoms with Crippen LogP contribution in [0.5, 0.6) is 5.75 Å². The lowest BCUT2D eigenvalue weighted by Crippen LogP contribution is -2.51. The van der Waals surface area contributed by atoms with Gasteiger partial charge in [-0.05, 0) is 43.5 Å². The summed E-state index contributed by atoms with van der Waals surface area (Å²) in [5.74, 6) is 0.927. The van der Waals surface area contributed by atoms with Crippen LogP contribution >= 0.6 is 0 Å². The van der Waals surface area contributed by atoms with Crippen molar-refractivity contribution in [2.75, 3.05) is 20.8 Å². The third kappa shape index (κ3) is 3.33. The van der Waals surface area contributed by atoms with Crippen LogP contribution in [0.4, 0.5) is 0 Å². The molecule has 2 rings (SSSR count). The summed E-state index contributed by atoms with van der Waals surface area (Å²) in [5, 5.41) is 3.64. The smallest absolute Gasteiger partial charge is 0.119 e. The van der Waals surface area contributed by atoms with Crippen LogP contribution in [0.1, 0.15) is 38.2 Å². The normalized spacial score (nSPS) is 18.9. The number of benzene rings is 1. The average molecular weight is 277 g/mol. The largest absolute Gasteiger partial charge is 0.497 e. The van der Waals surface area contributed by atoms with Gasteiger partial charge < -0.3 is 14.8 Å². The summed E-state index contributed by atoms with van der Waals surface area (Å²) in [7, 11) is 3.58. The van der Waals surface area contributed by atoms with Crippen LogP contribution in [0.25, 0.3) is 0 Å². The predicted octanol–water partition coefficient (Wildman–Crippen LogP) is 3.18. The van der Waals surface area contributed by atoms with Gasteiger partial charge in [-0.15, -0.1) is 0 Å². The fourth-order valence-corrected chi connectivity index (χ4v) is 3.39. The SMILES string of the molecule is CCNC(Cc1cccc(OC)c1)C1(OC)CCCC1. The van der Waals surface area contributed by atoms with E-state index in [4.69, 9.17) is 9.47 Å². The lowest BCUT2D eigenvalue weighted by atomic mass is 9.87. The van der Waals surface area contributed by atoms with Crippen LogP contribution in [-0.4, -0.2) is 32.4 Å². The Bertz CT molecular complexity index is 413. The molecule has 0 spiro atoms. The molecule has 0 radical (unpaired) electrons. The van der Waals surface area contributed by atoms with Gasteiger partial charge in [0.2, 0.25) is 0 Å². The summed E-state index contributed by atoms with van der Waals surface area (Å²) in [6, 6.07) is 8.72. The standard InChI is InChI=1S/C17H27NO2/c1-4-18-16(17(20-3)10-5-6-11-17)13-14-8-7-9-15(12-14)19-2/h7-9,12,16,18H,4-6,10-11,13H2,1-3H3. The Balaban J connectivity index is 2.15. The Morgan fingerprint density at radius 2 is 2.00 bits per heavy atom. The highest BCUT2D eigenvalue weighted by Gasteiger charge is 2.41. The molecule has 112 valence electrons. The minimum Gasteiger partial charge on any atom is -0.497 e. The number of hydrogen-bond donors (Lipinski definition) is 1. The molecule has 0 amide bonds. The van der Waals surface area contributed by atoms with Crippen molar-refractivity contribution in [3.05, 3.63) is 29.8 Å². The van der Waals surface area contributed by atoms with E-state index in [1.54, 1.807) is 7.11 Å². The summed E-state index contributed by atoms with van der Waals surface area (Å²) in [4.78, 5) is 0. The molecule has 0 bridgehead atoms. The van der Waals surface area contributed by atoms with Gasteiger partial charge in [0.05, 0.1) is 12.7 Å².